The number of nitrogens with zero attached hydrogens (tertiary/aromatic N) is 1. The van der Waals surface area contributed by atoms with Gasteiger partial charge in [0.05, 0.1) is 0 Å². The Hall–Kier alpha value is -1.35. The maximum atomic E-state index is 5.91. The smallest absolute Gasteiger partial charge is 0.0393 e. The summed E-state index contributed by atoms with van der Waals surface area (Å²) < 4.78 is 0. The number of nitrogen functional groups attached to an aromatic ring is 1. The Morgan fingerprint density at radius 1 is 1.67 bits per heavy atom. The molecule has 1 unspecified atom stereocenters. The van der Waals surface area contributed by atoms with Gasteiger partial charge in [-0.25, -0.2) is 0 Å². The van der Waals surface area contributed by atoms with Crippen molar-refractivity contribution in [2.24, 2.45) is 0 Å². The third-order valence-corrected chi connectivity index (χ3v) is 2.31. The predicted molar refractivity (Wildman–Crippen MR) is 64.5 cm³/mol. The fourth-order valence-electron chi connectivity index (χ4n) is 1.51. The van der Waals surface area contributed by atoms with Gasteiger partial charge < -0.3 is 11.1 Å². The lowest BCUT2D eigenvalue weighted by molar-refractivity contribution is 0.537. The number of pyridine rings is 1. The van der Waals surface area contributed by atoms with Gasteiger partial charge in [-0.05, 0) is 25.5 Å². The van der Waals surface area contributed by atoms with Crippen LogP contribution in [0.5, 0.6) is 0 Å². The predicted octanol–water partition coefficient (Wildman–Crippen LogP) is 2.28. The lowest BCUT2D eigenvalue weighted by atomic mass is 10.0. The van der Waals surface area contributed by atoms with Crippen LogP contribution in [0.15, 0.2) is 31.1 Å². The van der Waals surface area contributed by atoms with E-state index in [0.29, 0.717) is 0 Å². The Labute approximate surface area is 91.4 Å². The van der Waals surface area contributed by atoms with Gasteiger partial charge in [0.2, 0.25) is 0 Å². The first-order valence-electron chi connectivity index (χ1n) is 5.33. The van der Waals surface area contributed by atoms with Gasteiger partial charge in [0.1, 0.15) is 0 Å². The molecule has 3 heteroatoms. The van der Waals surface area contributed by atoms with Gasteiger partial charge in [-0.1, -0.05) is 13.0 Å². The summed E-state index contributed by atoms with van der Waals surface area (Å²) in [5, 5.41) is 3.44. The number of nitrogens with one attached hydrogen (secondary N) is 1. The number of anilines is 1. The van der Waals surface area contributed by atoms with E-state index in [-0.39, 0.29) is 6.04 Å². The zero-order chi connectivity index (χ0) is 11.1. The summed E-state index contributed by atoms with van der Waals surface area (Å²) in [6, 6.07) is 2.06. The van der Waals surface area contributed by atoms with Gasteiger partial charge >= 0.3 is 0 Å². The summed E-state index contributed by atoms with van der Waals surface area (Å²) in [4.78, 5) is 4.10. The summed E-state index contributed by atoms with van der Waals surface area (Å²) in [5.74, 6) is 0. The highest BCUT2D eigenvalue weighted by atomic mass is 14.9. The minimum Gasteiger partial charge on any atom is -0.398 e. The van der Waals surface area contributed by atoms with Gasteiger partial charge in [0.15, 0.2) is 0 Å². The number of nitrogens with two attached hydrogens (primary N) is 1. The van der Waals surface area contributed by atoms with E-state index in [1.807, 2.05) is 18.3 Å². The average Bonchev–Trinajstić information content (AvgIpc) is 2.25. The molecule has 1 aromatic heterocycles. The first-order valence-corrected chi connectivity index (χ1v) is 5.33. The van der Waals surface area contributed by atoms with E-state index in [0.717, 1.165) is 30.6 Å². The van der Waals surface area contributed by atoms with E-state index in [1.54, 1.807) is 6.20 Å². The van der Waals surface area contributed by atoms with Crippen LogP contribution in [0.1, 0.15) is 31.4 Å². The Bertz CT molecular complexity index is 309. The van der Waals surface area contributed by atoms with Crippen molar-refractivity contribution in [1.29, 1.82) is 0 Å². The molecule has 0 aliphatic heterocycles. The molecule has 1 heterocycles. The molecule has 0 spiro atoms. The highest BCUT2D eigenvalue weighted by molar-refractivity contribution is 5.46. The molecule has 0 fully saturated rings. The Kier molecular flexibility index (Phi) is 4.84. The molecule has 0 aliphatic rings. The van der Waals surface area contributed by atoms with Crippen LogP contribution in [0.3, 0.4) is 0 Å². The van der Waals surface area contributed by atoms with Crippen LogP contribution in [0, 0.1) is 0 Å². The average molecular weight is 205 g/mol. The maximum Gasteiger partial charge on any atom is 0.0393 e. The SMILES string of the molecule is C=CCC(NCCC)c1cnccc1N. The molecule has 82 valence electrons. The largest absolute Gasteiger partial charge is 0.398 e. The third-order valence-electron chi connectivity index (χ3n) is 2.31. The van der Waals surface area contributed by atoms with E-state index >= 15 is 0 Å². The van der Waals surface area contributed by atoms with Crippen molar-refractivity contribution in [3.63, 3.8) is 0 Å². The maximum absolute atomic E-state index is 5.91. The zero-order valence-corrected chi connectivity index (χ0v) is 9.24. The van der Waals surface area contributed by atoms with Crippen molar-refractivity contribution in [3.8, 4) is 0 Å². The second kappa shape index (κ2) is 6.19. The van der Waals surface area contributed by atoms with Crippen molar-refractivity contribution < 1.29 is 0 Å². The number of hydrogen-bond donors (Lipinski definition) is 2. The molecule has 0 saturated carbocycles. The fraction of sp³-hybridized carbons (Fsp3) is 0.417. The van der Waals surface area contributed by atoms with Crippen LogP contribution < -0.4 is 11.1 Å². The lowest BCUT2D eigenvalue weighted by Gasteiger charge is -2.18. The normalized spacial score (nSPS) is 12.3. The molecule has 0 aromatic carbocycles. The molecule has 3 N–H and O–H groups in total. The minimum atomic E-state index is 0.233. The number of aromatic nitrogens is 1. The molecular formula is C12H19N3. The van der Waals surface area contributed by atoms with Gasteiger partial charge in [-0.3, -0.25) is 4.98 Å². The molecule has 0 radical (unpaired) electrons. The van der Waals surface area contributed by atoms with E-state index in [9.17, 15) is 0 Å². The van der Waals surface area contributed by atoms with Gasteiger partial charge in [0, 0.05) is 29.7 Å². The Balaban J connectivity index is 2.78. The summed E-state index contributed by atoms with van der Waals surface area (Å²) in [6.07, 6.45) is 7.42. The van der Waals surface area contributed by atoms with Gasteiger partial charge in [0.25, 0.3) is 0 Å². The molecule has 15 heavy (non-hydrogen) atoms. The molecule has 1 rings (SSSR count). The van der Waals surface area contributed by atoms with Gasteiger partial charge in [-0.2, -0.15) is 0 Å². The lowest BCUT2D eigenvalue weighted by Crippen LogP contribution is -2.22. The summed E-state index contributed by atoms with van der Waals surface area (Å²) in [7, 11) is 0. The van der Waals surface area contributed by atoms with Crippen LogP contribution in [0.2, 0.25) is 0 Å². The van der Waals surface area contributed by atoms with Crippen LogP contribution in [-0.2, 0) is 0 Å². The van der Waals surface area contributed by atoms with Crippen LogP contribution in [0.25, 0.3) is 0 Å². The number of rotatable bonds is 6. The fourth-order valence-corrected chi connectivity index (χ4v) is 1.51. The molecular weight excluding hydrogens is 186 g/mol. The molecule has 3 nitrogen and oxygen atoms in total. The molecule has 0 bridgehead atoms. The van der Waals surface area contributed by atoms with Crippen LogP contribution in [-0.4, -0.2) is 11.5 Å². The quantitative estimate of drug-likeness (QED) is 0.700. The van der Waals surface area contributed by atoms with Crippen molar-refractivity contribution in [2.75, 3.05) is 12.3 Å². The summed E-state index contributed by atoms with van der Waals surface area (Å²) in [5.41, 5.74) is 7.76. The molecule has 0 aliphatic carbocycles. The molecule has 1 atom stereocenters. The minimum absolute atomic E-state index is 0.233. The first kappa shape index (κ1) is 11.7. The van der Waals surface area contributed by atoms with E-state index in [2.05, 4.69) is 23.8 Å². The second-order valence-corrected chi connectivity index (χ2v) is 3.54. The van der Waals surface area contributed by atoms with E-state index < -0.39 is 0 Å². The van der Waals surface area contributed by atoms with Crippen LogP contribution >= 0.6 is 0 Å². The van der Waals surface area contributed by atoms with Gasteiger partial charge in [-0.15, -0.1) is 6.58 Å². The first-order chi connectivity index (χ1) is 7.29. The summed E-state index contributed by atoms with van der Waals surface area (Å²) in [6.45, 7) is 6.88. The van der Waals surface area contributed by atoms with Crippen molar-refractivity contribution in [1.82, 2.24) is 10.3 Å². The molecule has 0 amide bonds. The summed E-state index contributed by atoms with van der Waals surface area (Å²) >= 11 is 0. The molecule has 1 aromatic rings. The Morgan fingerprint density at radius 3 is 3.07 bits per heavy atom. The molecule has 0 saturated heterocycles. The van der Waals surface area contributed by atoms with Crippen molar-refractivity contribution in [3.05, 3.63) is 36.7 Å². The van der Waals surface area contributed by atoms with E-state index in [4.69, 9.17) is 5.73 Å². The second-order valence-electron chi connectivity index (χ2n) is 3.54. The van der Waals surface area contributed by atoms with E-state index in [1.165, 1.54) is 0 Å². The standard InChI is InChI=1S/C12H19N3/c1-3-5-12(15-7-4-2)10-9-14-8-6-11(10)13/h3,6,8-9,12,15H,1,4-5,7H2,2H3,(H2,13,14). The topological polar surface area (TPSA) is 50.9 Å². The highest BCUT2D eigenvalue weighted by Crippen LogP contribution is 2.21. The van der Waals surface area contributed by atoms with Crippen LogP contribution in [0.4, 0.5) is 5.69 Å². The van der Waals surface area contributed by atoms with Crippen molar-refractivity contribution in [2.45, 2.75) is 25.8 Å². The van der Waals surface area contributed by atoms with Crippen molar-refractivity contribution >= 4 is 5.69 Å². The highest BCUT2D eigenvalue weighted by Gasteiger charge is 2.11. The number of hydrogen-bond acceptors (Lipinski definition) is 3. The third kappa shape index (κ3) is 3.36. The monoisotopic (exact) mass is 205 g/mol. The Morgan fingerprint density at radius 2 is 2.47 bits per heavy atom. The zero-order valence-electron chi connectivity index (χ0n) is 9.24.